The van der Waals surface area contributed by atoms with E-state index < -0.39 is 0 Å². The van der Waals surface area contributed by atoms with Crippen molar-refractivity contribution in [2.24, 2.45) is 0 Å². The average molecular weight is 272 g/mol. The van der Waals surface area contributed by atoms with E-state index in [1.54, 1.807) is 0 Å². The van der Waals surface area contributed by atoms with Crippen molar-refractivity contribution in [3.8, 4) is 0 Å². The summed E-state index contributed by atoms with van der Waals surface area (Å²) in [5.74, 6) is 0. The maximum Gasteiger partial charge on any atom is 0.0309 e. The van der Waals surface area contributed by atoms with Gasteiger partial charge in [0.15, 0.2) is 0 Å². The molecule has 1 aliphatic carbocycles. The number of nitrogens with zero attached hydrogens (tertiary/aromatic N) is 1. The molecule has 1 aliphatic heterocycles. The molecule has 2 fully saturated rings. The smallest absolute Gasteiger partial charge is 0.0309 e. The second-order valence-electron chi connectivity index (χ2n) is 6.67. The molecule has 0 bridgehead atoms. The highest BCUT2D eigenvalue weighted by molar-refractivity contribution is 5.15. The van der Waals surface area contributed by atoms with Crippen molar-refractivity contribution in [1.29, 1.82) is 0 Å². The first kappa shape index (κ1) is 14.1. The van der Waals surface area contributed by atoms with Crippen molar-refractivity contribution < 1.29 is 0 Å². The van der Waals surface area contributed by atoms with Crippen LogP contribution in [-0.2, 0) is 6.54 Å². The zero-order chi connectivity index (χ0) is 13.8. The quantitative estimate of drug-likeness (QED) is 0.905. The van der Waals surface area contributed by atoms with Gasteiger partial charge >= 0.3 is 0 Å². The van der Waals surface area contributed by atoms with E-state index in [4.69, 9.17) is 0 Å². The zero-order valence-corrected chi connectivity index (χ0v) is 12.8. The van der Waals surface area contributed by atoms with Crippen molar-refractivity contribution in [3.63, 3.8) is 0 Å². The van der Waals surface area contributed by atoms with Crippen LogP contribution in [0.25, 0.3) is 0 Å². The van der Waals surface area contributed by atoms with Crippen LogP contribution in [0.2, 0.25) is 0 Å². The van der Waals surface area contributed by atoms with E-state index in [0.717, 1.165) is 6.54 Å². The highest BCUT2D eigenvalue weighted by Gasteiger charge is 2.39. The molecule has 2 nitrogen and oxygen atoms in total. The zero-order valence-electron chi connectivity index (χ0n) is 12.8. The predicted molar refractivity (Wildman–Crippen MR) is 84.7 cm³/mol. The second-order valence-corrected chi connectivity index (χ2v) is 6.67. The molecule has 0 amide bonds. The molecule has 3 rings (SSSR count). The average Bonchev–Trinajstić information content (AvgIpc) is 2.49. The molecule has 2 heteroatoms. The minimum atomic E-state index is 0.415. The monoisotopic (exact) mass is 272 g/mol. The summed E-state index contributed by atoms with van der Waals surface area (Å²) in [7, 11) is 0. The molecule has 1 atom stereocenters. The van der Waals surface area contributed by atoms with Crippen LogP contribution in [-0.4, -0.2) is 29.6 Å². The first-order valence-electron chi connectivity index (χ1n) is 8.34. The highest BCUT2D eigenvalue weighted by atomic mass is 15.3. The summed E-state index contributed by atoms with van der Waals surface area (Å²) in [4.78, 5) is 2.73. The van der Waals surface area contributed by atoms with Crippen LogP contribution < -0.4 is 5.32 Å². The first-order valence-corrected chi connectivity index (χ1v) is 8.34. The Bertz CT molecular complexity index is 409. The number of hydrogen-bond donors (Lipinski definition) is 1. The fourth-order valence-electron chi connectivity index (χ4n) is 4.01. The van der Waals surface area contributed by atoms with Gasteiger partial charge in [0.1, 0.15) is 0 Å². The Balaban J connectivity index is 1.71. The van der Waals surface area contributed by atoms with Gasteiger partial charge in [-0.15, -0.1) is 0 Å². The van der Waals surface area contributed by atoms with Gasteiger partial charge in [-0.1, -0.05) is 56.5 Å². The topological polar surface area (TPSA) is 15.3 Å². The van der Waals surface area contributed by atoms with Gasteiger partial charge in [0.05, 0.1) is 0 Å². The predicted octanol–water partition coefficient (Wildman–Crippen LogP) is 3.57. The molecule has 0 aromatic heterocycles. The van der Waals surface area contributed by atoms with Crippen LogP contribution in [0.1, 0.15) is 51.0 Å². The SMILES string of the molecule is CCC1CNC2(CCCCC2)CN1Cc1ccccc1. The van der Waals surface area contributed by atoms with Gasteiger partial charge in [0.2, 0.25) is 0 Å². The fraction of sp³-hybridized carbons (Fsp3) is 0.667. The minimum absolute atomic E-state index is 0.415. The molecule has 1 aromatic carbocycles. The molecular formula is C18H28N2. The third kappa shape index (κ3) is 3.07. The molecule has 1 N–H and O–H groups in total. The molecule has 1 saturated heterocycles. The van der Waals surface area contributed by atoms with Crippen LogP contribution in [0.5, 0.6) is 0 Å². The van der Waals surface area contributed by atoms with Crippen molar-refractivity contribution in [2.75, 3.05) is 13.1 Å². The van der Waals surface area contributed by atoms with Crippen LogP contribution in [0.4, 0.5) is 0 Å². The Hall–Kier alpha value is -0.860. The Kier molecular flexibility index (Phi) is 4.42. The number of benzene rings is 1. The molecule has 110 valence electrons. The van der Waals surface area contributed by atoms with Crippen LogP contribution in [0, 0.1) is 0 Å². The summed E-state index contributed by atoms with van der Waals surface area (Å²) in [6.45, 7) is 5.84. The van der Waals surface area contributed by atoms with E-state index in [1.807, 2.05) is 0 Å². The van der Waals surface area contributed by atoms with E-state index >= 15 is 0 Å². The second kappa shape index (κ2) is 6.28. The Morgan fingerprint density at radius 1 is 1.15 bits per heavy atom. The molecule has 20 heavy (non-hydrogen) atoms. The minimum Gasteiger partial charge on any atom is -0.308 e. The lowest BCUT2D eigenvalue weighted by molar-refractivity contribution is 0.0484. The van der Waals surface area contributed by atoms with E-state index in [0.29, 0.717) is 11.6 Å². The lowest BCUT2D eigenvalue weighted by Gasteiger charge is -2.49. The van der Waals surface area contributed by atoms with Gasteiger partial charge < -0.3 is 5.32 Å². The van der Waals surface area contributed by atoms with Gasteiger partial charge in [-0.2, -0.15) is 0 Å². The molecular weight excluding hydrogens is 244 g/mol. The summed E-state index contributed by atoms with van der Waals surface area (Å²) in [6.07, 6.45) is 8.23. The summed E-state index contributed by atoms with van der Waals surface area (Å²) in [5, 5.41) is 3.91. The Morgan fingerprint density at radius 3 is 2.60 bits per heavy atom. The molecule has 2 aliphatic rings. The first-order chi connectivity index (χ1) is 9.81. The molecule has 1 saturated carbocycles. The van der Waals surface area contributed by atoms with Crippen LogP contribution in [0.15, 0.2) is 30.3 Å². The number of hydrogen-bond acceptors (Lipinski definition) is 2. The number of piperazine rings is 1. The lowest BCUT2D eigenvalue weighted by atomic mass is 9.79. The number of nitrogens with one attached hydrogen (secondary N) is 1. The normalized spacial score (nSPS) is 26.8. The van der Waals surface area contributed by atoms with Gasteiger partial charge in [0, 0.05) is 31.2 Å². The summed E-state index contributed by atoms with van der Waals surface area (Å²) >= 11 is 0. The molecule has 1 aromatic rings. The van der Waals surface area contributed by atoms with Gasteiger partial charge in [0.25, 0.3) is 0 Å². The highest BCUT2D eigenvalue weighted by Crippen LogP contribution is 2.32. The van der Waals surface area contributed by atoms with Crippen molar-refractivity contribution >= 4 is 0 Å². The van der Waals surface area contributed by atoms with E-state index in [-0.39, 0.29) is 0 Å². The molecule has 1 unspecified atom stereocenters. The van der Waals surface area contributed by atoms with E-state index in [2.05, 4.69) is 47.5 Å². The van der Waals surface area contributed by atoms with Gasteiger partial charge in [-0.25, -0.2) is 0 Å². The summed E-state index contributed by atoms with van der Waals surface area (Å²) in [6, 6.07) is 11.7. The number of rotatable bonds is 3. The van der Waals surface area contributed by atoms with Crippen molar-refractivity contribution in [2.45, 2.75) is 63.6 Å². The van der Waals surface area contributed by atoms with Crippen molar-refractivity contribution in [1.82, 2.24) is 10.2 Å². The molecule has 0 radical (unpaired) electrons. The summed E-state index contributed by atoms with van der Waals surface area (Å²) < 4.78 is 0. The van der Waals surface area contributed by atoms with Crippen molar-refractivity contribution in [3.05, 3.63) is 35.9 Å². The van der Waals surface area contributed by atoms with Gasteiger partial charge in [-0.3, -0.25) is 4.90 Å². The summed E-state index contributed by atoms with van der Waals surface area (Å²) in [5.41, 5.74) is 1.87. The maximum absolute atomic E-state index is 3.91. The maximum atomic E-state index is 3.91. The standard InChI is InChI=1S/C18H28N2/c1-2-17-13-19-18(11-7-4-8-12-18)15-20(17)14-16-9-5-3-6-10-16/h3,5-6,9-10,17,19H,2,4,7-8,11-15H2,1H3. The Morgan fingerprint density at radius 2 is 1.90 bits per heavy atom. The molecule has 1 spiro atoms. The lowest BCUT2D eigenvalue weighted by Crippen LogP contribution is -2.64. The molecule has 1 heterocycles. The van der Waals surface area contributed by atoms with Crippen LogP contribution in [0.3, 0.4) is 0 Å². The van der Waals surface area contributed by atoms with Gasteiger partial charge in [-0.05, 0) is 24.8 Å². The third-order valence-electron chi connectivity index (χ3n) is 5.25. The van der Waals surface area contributed by atoms with E-state index in [9.17, 15) is 0 Å². The van der Waals surface area contributed by atoms with Crippen LogP contribution >= 0.6 is 0 Å². The third-order valence-corrected chi connectivity index (χ3v) is 5.25. The van der Waals surface area contributed by atoms with E-state index in [1.165, 1.54) is 57.2 Å². The Labute approximate surface area is 123 Å². The fourth-order valence-corrected chi connectivity index (χ4v) is 4.01. The largest absolute Gasteiger partial charge is 0.308 e.